The minimum Gasteiger partial charge on any atom is -0.398 e. The van der Waals surface area contributed by atoms with Gasteiger partial charge in [0.1, 0.15) is 0 Å². The third-order valence-corrected chi connectivity index (χ3v) is 4.12. The molecule has 1 aromatic carbocycles. The highest BCUT2D eigenvalue weighted by molar-refractivity contribution is 7.17. The first-order valence-electron chi connectivity index (χ1n) is 5.36. The molecule has 2 heteroatoms. The van der Waals surface area contributed by atoms with Crippen molar-refractivity contribution >= 4 is 27.1 Å². The van der Waals surface area contributed by atoms with E-state index in [0.29, 0.717) is 11.8 Å². The van der Waals surface area contributed by atoms with Crippen molar-refractivity contribution in [2.24, 2.45) is 5.92 Å². The third-order valence-electron chi connectivity index (χ3n) is 3.16. The van der Waals surface area contributed by atoms with E-state index < -0.39 is 0 Å². The summed E-state index contributed by atoms with van der Waals surface area (Å²) in [6.07, 6.45) is 0. The van der Waals surface area contributed by atoms with Crippen LogP contribution in [-0.2, 0) is 0 Å². The van der Waals surface area contributed by atoms with Crippen LogP contribution in [0.5, 0.6) is 0 Å². The maximum atomic E-state index is 5.87. The highest BCUT2D eigenvalue weighted by atomic mass is 32.1. The summed E-state index contributed by atoms with van der Waals surface area (Å²) in [5.74, 6) is 1.29. The number of benzene rings is 1. The van der Waals surface area contributed by atoms with Crippen molar-refractivity contribution in [2.75, 3.05) is 5.73 Å². The molecule has 0 aliphatic carbocycles. The quantitative estimate of drug-likeness (QED) is 0.803. The Hall–Kier alpha value is -1.02. The van der Waals surface area contributed by atoms with Crippen LogP contribution in [0.2, 0.25) is 0 Å². The monoisotopic (exact) mass is 219 g/mol. The van der Waals surface area contributed by atoms with Gasteiger partial charge in [0, 0.05) is 15.5 Å². The molecule has 1 aromatic heterocycles. The lowest BCUT2D eigenvalue weighted by Crippen LogP contribution is -2.01. The summed E-state index contributed by atoms with van der Waals surface area (Å²) in [7, 11) is 0. The number of hydrogen-bond acceptors (Lipinski definition) is 2. The predicted molar refractivity (Wildman–Crippen MR) is 69.5 cm³/mol. The fourth-order valence-corrected chi connectivity index (χ4v) is 2.63. The Labute approximate surface area is 94.9 Å². The van der Waals surface area contributed by atoms with Crippen molar-refractivity contribution < 1.29 is 0 Å². The van der Waals surface area contributed by atoms with E-state index >= 15 is 0 Å². The van der Waals surface area contributed by atoms with Crippen LogP contribution in [0, 0.1) is 5.92 Å². The molecule has 0 fully saturated rings. The topological polar surface area (TPSA) is 26.0 Å². The van der Waals surface area contributed by atoms with E-state index in [1.54, 1.807) is 11.3 Å². The van der Waals surface area contributed by atoms with E-state index in [0.717, 1.165) is 5.69 Å². The lowest BCUT2D eigenvalue weighted by Gasteiger charge is -2.15. The zero-order chi connectivity index (χ0) is 11.0. The Morgan fingerprint density at radius 2 is 1.93 bits per heavy atom. The summed E-state index contributed by atoms with van der Waals surface area (Å²) in [6, 6.07) is 6.63. The molecule has 0 saturated heterocycles. The van der Waals surface area contributed by atoms with Crippen molar-refractivity contribution in [2.45, 2.75) is 26.7 Å². The molecule has 0 saturated carbocycles. The van der Waals surface area contributed by atoms with Crippen molar-refractivity contribution in [3.05, 3.63) is 29.1 Å². The normalized spacial score (nSPS) is 13.6. The van der Waals surface area contributed by atoms with E-state index in [1.165, 1.54) is 15.6 Å². The fourth-order valence-electron chi connectivity index (χ4n) is 1.73. The Balaban J connectivity index is 2.47. The lowest BCUT2D eigenvalue weighted by atomic mass is 9.90. The van der Waals surface area contributed by atoms with Gasteiger partial charge in [-0.1, -0.05) is 32.9 Å². The van der Waals surface area contributed by atoms with Crippen LogP contribution < -0.4 is 5.73 Å². The Morgan fingerprint density at radius 1 is 1.20 bits per heavy atom. The molecular formula is C13H17NS. The number of rotatable bonds is 2. The fraction of sp³-hybridized carbons (Fsp3) is 0.385. The van der Waals surface area contributed by atoms with E-state index in [4.69, 9.17) is 5.73 Å². The van der Waals surface area contributed by atoms with Crippen molar-refractivity contribution in [3.63, 3.8) is 0 Å². The summed E-state index contributed by atoms with van der Waals surface area (Å²) in [5.41, 5.74) is 8.19. The summed E-state index contributed by atoms with van der Waals surface area (Å²) < 4.78 is 1.30. The molecule has 1 heterocycles. The maximum absolute atomic E-state index is 5.87. The summed E-state index contributed by atoms with van der Waals surface area (Å²) in [6.45, 7) is 6.80. The van der Waals surface area contributed by atoms with Gasteiger partial charge in [-0.25, -0.2) is 0 Å². The first kappa shape index (κ1) is 10.5. The first-order chi connectivity index (χ1) is 7.09. The van der Waals surface area contributed by atoms with E-state index in [9.17, 15) is 0 Å². The van der Waals surface area contributed by atoms with Crippen LogP contribution in [-0.4, -0.2) is 0 Å². The zero-order valence-corrected chi connectivity index (χ0v) is 10.3. The van der Waals surface area contributed by atoms with Crippen LogP contribution in [0.3, 0.4) is 0 Å². The summed E-state index contributed by atoms with van der Waals surface area (Å²) in [4.78, 5) is 0. The molecular weight excluding hydrogens is 202 g/mol. The number of anilines is 1. The van der Waals surface area contributed by atoms with E-state index in [2.05, 4.69) is 39.0 Å². The van der Waals surface area contributed by atoms with E-state index in [1.807, 2.05) is 5.38 Å². The van der Waals surface area contributed by atoms with Gasteiger partial charge in [0.2, 0.25) is 0 Å². The van der Waals surface area contributed by atoms with Gasteiger partial charge in [-0.15, -0.1) is 11.3 Å². The molecule has 0 bridgehead atoms. The average Bonchev–Trinajstić information content (AvgIpc) is 2.59. The maximum Gasteiger partial charge on any atom is 0.0502 e. The Morgan fingerprint density at radius 3 is 2.60 bits per heavy atom. The van der Waals surface area contributed by atoms with Crippen molar-refractivity contribution in [1.82, 2.24) is 0 Å². The molecule has 0 spiro atoms. The number of nitrogen functional groups attached to an aromatic ring is 1. The van der Waals surface area contributed by atoms with Gasteiger partial charge >= 0.3 is 0 Å². The predicted octanol–water partition coefficient (Wildman–Crippen LogP) is 4.24. The number of hydrogen-bond donors (Lipinski definition) is 1. The van der Waals surface area contributed by atoms with Gasteiger partial charge in [0.05, 0.1) is 5.69 Å². The molecule has 2 aromatic rings. The molecule has 0 aliphatic rings. The van der Waals surface area contributed by atoms with Gasteiger partial charge in [-0.05, 0) is 23.5 Å². The molecule has 0 aliphatic heterocycles. The molecule has 2 N–H and O–H groups in total. The standard InChI is InChI=1S/C13H17NS/c1-8(2)9(3)10-4-5-11-12(14)7-15-13(11)6-10/h4-9H,14H2,1-3H3. The third kappa shape index (κ3) is 1.86. The largest absolute Gasteiger partial charge is 0.398 e. The van der Waals surface area contributed by atoms with Gasteiger partial charge in [-0.3, -0.25) is 0 Å². The van der Waals surface area contributed by atoms with Crippen LogP contribution in [0.4, 0.5) is 5.69 Å². The summed E-state index contributed by atoms with van der Waals surface area (Å²) in [5, 5.41) is 3.22. The molecule has 2 rings (SSSR count). The molecule has 1 unspecified atom stereocenters. The SMILES string of the molecule is CC(C)C(C)c1ccc2c(N)csc2c1. The number of thiophene rings is 1. The van der Waals surface area contributed by atoms with E-state index in [-0.39, 0.29) is 0 Å². The Kier molecular flexibility index (Phi) is 2.70. The highest BCUT2D eigenvalue weighted by Gasteiger charge is 2.11. The van der Waals surface area contributed by atoms with Gasteiger partial charge < -0.3 is 5.73 Å². The average molecular weight is 219 g/mol. The molecule has 15 heavy (non-hydrogen) atoms. The molecule has 1 nitrogen and oxygen atoms in total. The van der Waals surface area contributed by atoms with Gasteiger partial charge in [-0.2, -0.15) is 0 Å². The van der Waals surface area contributed by atoms with Crippen molar-refractivity contribution in [3.8, 4) is 0 Å². The van der Waals surface area contributed by atoms with Crippen LogP contribution >= 0.6 is 11.3 Å². The minimum atomic E-state index is 0.609. The number of fused-ring (bicyclic) bond motifs is 1. The molecule has 1 atom stereocenters. The zero-order valence-electron chi connectivity index (χ0n) is 9.45. The van der Waals surface area contributed by atoms with Crippen molar-refractivity contribution in [1.29, 1.82) is 0 Å². The van der Waals surface area contributed by atoms with Crippen LogP contribution in [0.1, 0.15) is 32.3 Å². The first-order valence-corrected chi connectivity index (χ1v) is 6.24. The lowest BCUT2D eigenvalue weighted by molar-refractivity contribution is 0.535. The Bertz CT molecular complexity index is 470. The molecule has 0 amide bonds. The van der Waals surface area contributed by atoms with Crippen LogP contribution in [0.15, 0.2) is 23.6 Å². The highest BCUT2D eigenvalue weighted by Crippen LogP contribution is 2.32. The molecule has 0 radical (unpaired) electrons. The molecule has 80 valence electrons. The van der Waals surface area contributed by atoms with Crippen LogP contribution in [0.25, 0.3) is 10.1 Å². The smallest absolute Gasteiger partial charge is 0.0502 e. The number of nitrogens with two attached hydrogens (primary N) is 1. The second-order valence-corrected chi connectivity index (χ2v) is 5.39. The second kappa shape index (κ2) is 3.86. The second-order valence-electron chi connectivity index (χ2n) is 4.48. The van der Waals surface area contributed by atoms with Gasteiger partial charge in [0.25, 0.3) is 0 Å². The minimum absolute atomic E-state index is 0.609. The van der Waals surface area contributed by atoms with Gasteiger partial charge in [0.15, 0.2) is 0 Å². The summed E-state index contributed by atoms with van der Waals surface area (Å²) >= 11 is 1.73.